The number of nitrogens with zero attached hydrogens (tertiary/aromatic N) is 1. The fourth-order valence-electron chi connectivity index (χ4n) is 4.11. The number of hydrogen-bond donors (Lipinski definition) is 3. The highest BCUT2D eigenvalue weighted by molar-refractivity contribution is 6.21. The van der Waals surface area contributed by atoms with Gasteiger partial charge in [-0.15, -0.1) is 0 Å². The van der Waals surface area contributed by atoms with Crippen molar-refractivity contribution in [2.24, 2.45) is 0 Å². The zero-order valence-corrected chi connectivity index (χ0v) is 21.5. The van der Waals surface area contributed by atoms with Crippen molar-refractivity contribution in [1.29, 1.82) is 0 Å². The van der Waals surface area contributed by atoms with Crippen molar-refractivity contribution < 1.29 is 61.5 Å². The summed E-state index contributed by atoms with van der Waals surface area (Å²) < 4.78 is 63.7. The van der Waals surface area contributed by atoms with Crippen LogP contribution in [-0.2, 0) is 28.5 Å². The van der Waals surface area contributed by atoms with Crippen molar-refractivity contribution >= 4 is 17.7 Å². The van der Waals surface area contributed by atoms with Gasteiger partial charge in [0, 0.05) is 13.7 Å². The lowest BCUT2D eigenvalue weighted by molar-refractivity contribution is -0.295. The molecule has 5 atom stereocenters. The predicted octanol–water partition coefficient (Wildman–Crippen LogP) is 0.209. The van der Waals surface area contributed by atoms with Crippen molar-refractivity contribution in [1.82, 2.24) is 10.2 Å². The molecule has 218 valence electrons. The van der Waals surface area contributed by atoms with Crippen molar-refractivity contribution in [2.75, 3.05) is 40.1 Å². The summed E-state index contributed by atoms with van der Waals surface area (Å²) in [7, 11) is 1.26. The summed E-state index contributed by atoms with van der Waals surface area (Å²) in [5.74, 6) is -4.58. The number of amides is 3. The first-order chi connectivity index (χ1) is 18.3. The Balaban J connectivity index is 1.47. The summed E-state index contributed by atoms with van der Waals surface area (Å²) in [5.41, 5.74) is 0.330. The summed E-state index contributed by atoms with van der Waals surface area (Å²) in [6.07, 6.45) is -10.5. The van der Waals surface area contributed by atoms with E-state index in [0.717, 1.165) is 4.90 Å². The van der Waals surface area contributed by atoms with E-state index in [1.165, 1.54) is 19.2 Å². The molecule has 3 N–H and O–H groups in total. The van der Waals surface area contributed by atoms with Crippen LogP contribution in [0.15, 0.2) is 24.3 Å². The Hall–Kier alpha value is -2.66. The molecule has 2 heterocycles. The van der Waals surface area contributed by atoms with Gasteiger partial charge >= 0.3 is 12.1 Å². The second-order valence-corrected chi connectivity index (χ2v) is 9.20. The standard InChI is InChI=1S/C24H31F3N2O10/c1-23(2,37-11-10-36-9-8-28-22(34)24(25,26)27)38-12-15-17(30)18(31)16(21(35-3)39-15)29-19(32)13-6-4-5-7-14(13)20(29)33/h4-7,15-18,21,30-31H,8-12H2,1-3H3,(H,28,34). The maximum absolute atomic E-state index is 12.9. The van der Waals surface area contributed by atoms with Gasteiger partial charge in [-0.3, -0.25) is 19.3 Å². The number of methoxy groups -OCH3 is 1. The molecule has 0 radical (unpaired) electrons. The summed E-state index contributed by atoms with van der Waals surface area (Å²) in [6, 6.07) is 4.85. The normalized spacial score (nSPS) is 25.6. The number of fused-ring (bicyclic) bond motifs is 1. The molecule has 3 rings (SSSR count). The molecule has 12 nitrogen and oxygen atoms in total. The second-order valence-electron chi connectivity index (χ2n) is 9.20. The van der Waals surface area contributed by atoms with Crippen LogP contribution < -0.4 is 5.32 Å². The molecule has 0 aromatic heterocycles. The molecule has 0 aliphatic carbocycles. The van der Waals surface area contributed by atoms with Gasteiger partial charge < -0.3 is 39.2 Å². The van der Waals surface area contributed by atoms with E-state index >= 15 is 0 Å². The van der Waals surface area contributed by atoms with Crippen LogP contribution in [0.4, 0.5) is 13.2 Å². The van der Waals surface area contributed by atoms with Crippen molar-refractivity contribution in [3.63, 3.8) is 0 Å². The highest BCUT2D eigenvalue weighted by Gasteiger charge is 2.53. The Bertz CT molecular complexity index is 1000. The number of imide groups is 1. The summed E-state index contributed by atoms with van der Waals surface area (Å²) in [6.45, 7) is 2.31. The number of carbonyl (C=O) groups is 3. The van der Waals surface area contributed by atoms with E-state index in [0.29, 0.717) is 0 Å². The molecule has 5 unspecified atom stereocenters. The van der Waals surface area contributed by atoms with Crippen LogP contribution in [0.3, 0.4) is 0 Å². The zero-order valence-electron chi connectivity index (χ0n) is 21.5. The van der Waals surface area contributed by atoms with Crippen LogP contribution in [0.1, 0.15) is 34.6 Å². The Morgan fingerprint density at radius 2 is 1.64 bits per heavy atom. The number of carbonyl (C=O) groups excluding carboxylic acids is 3. The third-order valence-corrected chi connectivity index (χ3v) is 6.09. The molecule has 0 bridgehead atoms. The first kappa shape index (κ1) is 30.9. The molecule has 1 aromatic rings. The van der Waals surface area contributed by atoms with Crippen LogP contribution in [0, 0.1) is 0 Å². The minimum absolute atomic E-state index is 0.0103. The number of benzene rings is 1. The fraction of sp³-hybridized carbons (Fsp3) is 0.625. The monoisotopic (exact) mass is 564 g/mol. The van der Waals surface area contributed by atoms with Gasteiger partial charge in [0.05, 0.1) is 37.6 Å². The molecule has 39 heavy (non-hydrogen) atoms. The Labute approximate surface area is 221 Å². The van der Waals surface area contributed by atoms with Crippen LogP contribution >= 0.6 is 0 Å². The largest absolute Gasteiger partial charge is 0.471 e. The highest BCUT2D eigenvalue weighted by atomic mass is 19.4. The van der Waals surface area contributed by atoms with Gasteiger partial charge in [0.1, 0.15) is 24.4 Å². The van der Waals surface area contributed by atoms with Crippen LogP contribution in [0.5, 0.6) is 0 Å². The van der Waals surface area contributed by atoms with E-state index in [1.54, 1.807) is 31.3 Å². The van der Waals surface area contributed by atoms with Gasteiger partial charge in [0.25, 0.3) is 11.8 Å². The summed E-state index contributed by atoms with van der Waals surface area (Å²) in [4.78, 5) is 37.3. The first-order valence-electron chi connectivity index (χ1n) is 12.0. The second kappa shape index (κ2) is 12.7. The first-order valence-corrected chi connectivity index (χ1v) is 12.0. The molecule has 0 saturated carbocycles. The fourth-order valence-corrected chi connectivity index (χ4v) is 4.11. The van der Waals surface area contributed by atoms with E-state index in [1.807, 2.05) is 0 Å². The topological polar surface area (TPSA) is 153 Å². The minimum Gasteiger partial charge on any atom is -0.388 e. The lowest BCUT2D eigenvalue weighted by Crippen LogP contribution is -2.65. The average molecular weight is 565 g/mol. The average Bonchev–Trinajstić information content (AvgIpc) is 3.13. The summed E-state index contributed by atoms with van der Waals surface area (Å²) >= 11 is 0. The highest BCUT2D eigenvalue weighted by Crippen LogP contribution is 2.33. The van der Waals surface area contributed by atoms with E-state index in [9.17, 15) is 37.8 Å². The molecule has 3 amide bonds. The van der Waals surface area contributed by atoms with Gasteiger partial charge in [-0.25, -0.2) is 0 Å². The number of aliphatic hydroxyl groups is 2. The predicted molar refractivity (Wildman–Crippen MR) is 124 cm³/mol. The molecular weight excluding hydrogens is 533 g/mol. The maximum Gasteiger partial charge on any atom is 0.471 e. The lowest BCUT2D eigenvalue weighted by atomic mass is 9.95. The molecule has 0 spiro atoms. The smallest absolute Gasteiger partial charge is 0.388 e. The number of alkyl halides is 3. The van der Waals surface area contributed by atoms with E-state index in [2.05, 4.69) is 0 Å². The van der Waals surface area contributed by atoms with Crippen molar-refractivity contribution in [3.05, 3.63) is 35.4 Å². The van der Waals surface area contributed by atoms with Crippen molar-refractivity contribution in [3.8, 4) is 0 Å². The SMILES string of the molecule is COC1OC(COC(C)(C)OCCOCCNC(=O)C(F)(F)F)C(O)C(O)C1N1C(=O)c2ccccc2C1=O. The van der Waals surface area contributed by atoms with Crippen LogP contribution in [0.2, 0.25) is 0 Å². The zero-order chi connectivity index (χ0) is 29.0. The Morgan fingerprint density at radius 3 is 2.21 bits per heavy atom. The van der Waals surface area contributed by atoms with Crippen LogP contribution in [0.25, 0.3) is 0 Å². The van der Waals surface area contributed by atoms with E-state index in [-0.39, 0.29) is 44.1 Å². The third-order valence-electron chi connectivity index (χ3n) is 6.09. The van der Waals surface area contributed by atoms with Gasteiger partial charge in [0.2, 0.25) is 0 Å². The number of rotatable bonds is 12. The Morgan fingerprint density at radius 1 is 1.03 bits per heavy atom. The number of aliphatic hydroxyl groups excluding tert-OH is 2. The molecule has 2 aliphatic heterocycles. The van der Waals surface area contributed by atoms with Gasteiger partial charge in [-0.1, -0.05) is 12.1 Å². The molecular formula is C24H31F3N2O10. The molecule has 2 aliphatic rings. The molecule has 15 heteroatoms. The van der Waals surface area contributed by atoms with Gasteiger partial charge in [0.15, 0.2) is 12.1 Å². The minimum atomic E-state index is -4.96. The Kier molecular flexibility index (Phi) is 10.0. The van der Waals surface area contributed by atoms with Crippen LogP contribution in [-0.4, -0.2) is 116 Å². The number of halogens is 3. The molecule has 1 saturated heterocycles. The third kappa shape index (κ3) is 7.30. The van der Waals surface area contributed by atoms with Crippen molar-refractivity contribution in [2.45, 2.75) is 56.5 Å². The quantitative estimate of drug-likeness (QED) is 0.182. The number of hydrogen-bond acceptors (Lipinski definition) is 10. The maximum atomic E-state index is 12.9. The van der Waals surface area contributed by atoms with E-state index < -0.39 is 60.3 Å². The number of ether oxygens (including phenoxy) is 5. The number of nitrogens with one attached hydrogen (secondary N) is 1. The molecule has 1 fully saturated rings. The lowest BCUT2D eigenvalue weighted by Gasteiger charge is -2.45. The molecule has 1 aromatic carbocycles. The summed E-state index contributed by atoms with van der Waals surface area (Å²) in [5, 5.41) is 23.3. The van der Waals surface area contributed by atoms with Gasteiger partial charge in [-0.05, 0) is 26.0 Å². The van der Waals surface area contributed by atoms with Gasteiger partial charge in [-0.2, -0.15) is 13.2 Å². The van der Waals surface area contributed by atoms with E-state index in [4.69, 9.17) is 23.7 Å².